The average molecular weight is 441 g/mol. The molecule has 0 radical (unpaired) electrons. The number of hydrogen-bond acceptors (Lipinski definition) is 4. The number of aliphatic imine (C=N–C) groups is 1. The summed E-state index contributed by atoms with van der Waals surface area (Å²) in [6.07, 6.45) is 2.37. The van der Waals surface area contributed by atoms with Gasteiger partial charge >= 0.3 is 0 Å². The second-order valence-electron chi connectivity index (χ2n) is 5.37. The molecule has 1 aliphatic rings. The van der Waals surface area contributed by atoms with Gasteiger partial charge in [0.15, 0.2) is 5.96 Å². The van der Waals surface area contributed by atoms with Gasteiger partial charge in [-0.2, -0.15) is 0 Å². The van der Waals surface area contributed by atoms with Gasteiger partial charge in [-0.15, -0.1) is 24.0 Å². The molecule has 1 aliphatic heterocycles. The van der Waals surface area contributed by atoms with Crippen LogP contribution in [0.25, 0.3) is 0 Å². The highest BCUT2D eigenvalue weighted by atomic mass is 127. The minimum Gasteiger partial charge on any atom is -0.383 e. The molecule has 8 nitrogen and oxygen atoms in total. The fraction of sp³-hybridized carbons (Fsp3) is 0.786. The number of piperidine rings is 1. The molecule has 0 aromatic heterocycles. The van der Waals surface area contributed by atoms with E-state index in [-0.39, 0.29) is 48.3 Å². The maximum absolute atomic E-state index is 11.7. The summed E-state index contributed by atoms with van der Waals surface area (Å²) in [5.41, 5.74) is 5.27. The van der Waals surface area contributed by atoms with Gasteiger partial charge in [0.1, 0.15) is 0 Å². The standard InChI is InChI=1S/C14H27N5O3.HI/c1-16-14(18-9-13(21)17-5-7-22-2)19-6-3-4-11(10-19)8-12(15)20;/h11H,3-10H2,1-2H3,(H2,15,20)(H,16,18)(H,17,21);1H. The monoisotopic (exact) mass is 441 g/mol. The van der Waals surface area contributed by atoms with Crippen LogP contribution >= 0.6 is 24.0 Å². The van der Waals surface area contributed by atoms with Crippen LogP contribution in [0.4, 0.5) is 0 Å². The van der Waals surface area contributed by atoms with Crippen molar-refractivity contribution in [2.24, 2.45) is 16.6 Å². The lowest BCUT2D eigenvalue weighted by atomic mass is 9.95. The van der Waals surface area contributed by atoms with Gasteiger partial charge in [0.05, 0.1) is 13.2 Å². The molecule has 2 amide bonds. The van der Waals surface area contributed by atoms with Crippen molar-refractivity contribution >= 4 is 41.8 Å². The third kappa shape index (κ3) is 8.94. The molecule has 1 saturated heterocycles. The van der Waals surface area contributed by atoms with Gasteiger partial charge in [-0.05, 0) is 18.8 Å². The number of rotatable bonds is 7. The predicted molar refractivity (Wildman–Crippen MR) is 99.8 cm³/mol. The highest BCUT2D eigenvalue weighted by molar-refractivity contribution is 14.0. The SMILES string of the molecule is CN=C(NCC(=O)NCCOC)N1CCCC(CC(N)=O)C1.I. The van der Waals surface area contributed by atoms with Crippen LogP contribution in [0.5, 0.6) is 0 Å². The van der Waals surface area contributed by atoms with Crippen LogP contribution in [0.1, 0.15) is 19.3 Å². The molecule has 23 heavy (non-hydrogen) atoms. The molecular formula is C14H28IN5O3. The van der Waals surface area contributed by atoms with E-state index in [1.165, 1.54) is 0 Å². The summed E-state index contributed by atoms with van der Waals surface area (Å²) in [6.45, 7) is 2.73. The summed E-state index contributed by atoms with van der Waals surface area (Å²) in [7, 11) is 3.27. The minimum atomic E-state index is -0.271. The van der Waals surface area contributed by atoms with Crippen molar-refractivity contribution in [3.63, 3.8) is 0 Å². The predicted octanol–water partition coefficient (Wildman–Crippen LogP) is -0.470. The maximum atomic E-state index is 11.7. The van der Waals surface area contributed by atoms with Gasteiger partial charge in [0.2, 0.25) is 11.8 Å². The van der Waals surface area contributed by atoms with Gasteiger partial charge in [-0.1, -0.05) is 0 Å². The maximum Gasteiger partial charge on any atom is 0.239 e. The number of methoxy groups -OCH3 is 1. The quantitative estimate of drug-likeness (QED) is 0.214. The largest absolute Gasteiger partial charge is 0.383 e. The lowest BCUT2D eigenvalue weighted by molar-refractivity contribution is -0.120. The van der Waals surface area contributed by atoms with E-state index in [0.29, 0.717) is 25.5 Å². The molecule has 0 bridgehead atoms. The topological polar surface area (TPSA) is 109 Å². The lowest BCUT2D eigenvalue weighted by Crippen LogP contribution is -2.49. The molecule has 1 heterocycles. The number of carbonyl (C=O) groups excluding carboxylic acids is 2. The summed E-state index contributed by atoms with van der Waals surface area (Å²) in [6, 6.07) is 0. The van der Waals surface area contributed by atoms with Crippen LogP contribution in [0.15, 0.2) is 4.99 Å². The van der Waals surface area contributed by atoms with E-state index >= 15 is 0 Å². The van der Waals surface area contributed by atoms with Gasteiger partial charge < -0.3 is 26.0 Å². The number of hydrogen-bond donors (Lipinski definition) is 3. The number of amides is 2. The fourth-order valence-corrected chi connectivity index (χ4v) is 2.56. The molecule has 1 fully saturated rings. The molecule has 0 spiro atoms. The van der Waals surface area contributed by atoms with E-state index in [9.17, 15) is 9.59 Å². The van der Waals surface area contributed by atoms with Gasteiger partial charge in [-0.25, -0.2) is 0 Å². The summed E-state index contributed by atoms with van der Waals surface area (Å²) in [5, 5.41) is 5.79. The Morgan fingerprint density at radius 2 is 2.13 bits per heavy atom. The first-order valence-electron chi connectivity index (χ1n) is 7.56. The van der Waals surface area contributed by atoms with Crippen molar-refractivity contribution in [1.29, 1.82) is 0 Å². The van der Waals surface area contributed by atoms with Crippen molar-refractivity contribution in [3.05, 3.63) is 0 Å². The number of primary amides is 1. The summed E-state index contributed by atoms with van der Waals surface area (Å²) < 4.78 is 4.87. The normalized spacial score (nSPS) is 18.1. The van der Waals surface area contributed by atoms with Crippen molar-refractivity contribution in [2.75, 3.05) is 46.9 Å². The van der Waals surface area contributed by atoms with Crippen LogP contribution in [-0.2, 0) is 14.3 Å². The number of ether oxygens (including phenoxy) is 1. The molecule has 9 heteroatoms. The van der Waals surface area contributed by atoms with Crippen LogP contribution in [0, 0.1) is 5.92 Å². The van der Waals surface area contributed by atoms with E-state index in [1.54, 1.807) is 14.2 Å². The first-order chi connectivity index (χ1) is 10.6. The summed E-state index contributed by atoms with van der Waals surface area (Å²) >= 11 is 0. The van der Waals surface area contributed by atoms with E-state index < -0.39 is 0 Å². The molecule has 1 unspecified atom stereocenters. The van der Waals surface area contributed by atoms with E-state index in [4.69, 9.17) is 10.5 Å². The molecule has 1 atom stereocenters. The second-order valence-corrected chi connectivity index (χ2v) is 5.37. The van der Waals surface area contributed by atoms with Gasteiger partial charge in [0.25, 0.3) is 0 Å². The Morgan fingerprint density at radius 3 is 2.74 bits per heavy atom. The number of guanidine groups is 1. The zero-order valence-electron chi connectivity index (χ0n) is 13.8. The molecule has 134 valence electrons. The third-order valence-corrected chi connectivity index (χ3v) is 3.56. The summed E-state index contributed by atoms with van der Waals surface area (Å²) in [5.74, 6) is 0.549. The Hall–Kier alpha value is -1.10. The Balaban J connectivity index is 0.00000484. The zero-order valence-corrected chi connectivity index (χ0v) is 16.2. The number of carbonyl (C=O) groups is 2. The highest BCUT2D eigenvalue weighted by Crippen LogP contribution is 2.19. The average Bonchev–Trinajstić information content (AvgIpc) is 2.48. The molecular weight excluding hydrogens is 413 g/mol. The molecule has 0 saturated carbocycles. The van der Waals surface area contributed by atoms with E-state index in [0.717, 1.165) is 25.9 Å². The van der Waals surface area contributed by atoms with E-state index in [1.807, 2.05) is 0 Å². The molecule has 0 aromatic carbocycles. The van der Waals surface area contributed by atoms with E-state index in [2.05, 4.69) is 20.5 Å². The molecule has 1 rings (SSSR count). The number of nitrogens with one attached hydrogen (secondary N) is 2. The molecule has 0 aromatic rings. The van der Waals surface area contributed by atoms with Crippen LogP contribution in [0.3, 0.4) is 0 Å². The van der Waals surface area contributed by atoms with Crippen LogP contribution in [-0.4, -0.2) is 69.6 Å². The summed E-state index contributed by atoms with van der Waals surface area (Å²) in [4.78, 5) is 29.0. The first kappa shape index (κ1) is 21.9. The first-order valence-corrected chi connectivity index (χ1v) is 7.56. The number of likely N-dealkylation sites (tertiary alicyclic amines) is 1. The zero-order chi connectivity index (χ0) is 16.4. The van der Waals surface area contributed by atoms with Gasteiger partial charge in [0, 0.05) is 40.2 Å². The minimum absolute atomic E-state index is 0. The fourth-order valence-electron chi connectivity index (χ4n) is 2.56. The molecule has 0 aliphatic carbocycles. The number of halogens is 1. The van der Waals surface area contributed by atoms with Crippen molar-refractivity contribution in [1.82, 2.24) is 15.5 Å². The van der Waals surface area contributed by atoms with Gasteiger partial charge in [-0.3, -0.25) is 14.6 Å². The Bertz CT molecular complexity index is 406. The highest BCUT2D eigenvalue weighted by Gasteiger charge is 2.23. The number of nitrogens with zero attached hydrogens (tertiary/aromatic N) is 2. The molecule has 4 N–H and O–H groups in total. The smallest absolute Gasteiger partial charge is 0.239 e. The van der Waals surface area contributed by atoms with Crippen molar-refractivity contribution in [3.8, 4) is 0 Å². The Kier molecular flexibility index (Phi) is 11.7. The number of nitrogens with two attached hydrogens (primary N) is 1. The lowest BCUT2D eigenvalue weighted by Gasteiger charge is -2.34. The second kappa shape index (κ2) is 12.3. The third-order valence-electron chi connectivity index (χ3n) is 3.56. The van der Waals surface area contributed by atoms with Crippen molar-refractivity contribution < 1.29 is 14.3 Å². The Morgan fingerprint density at radius 1 is 1.39 bits per heavy atom. The van der Waals surface area contributed by atoms with Crippen LogP contribution < -0.4 is 16.4 Å². The Labute approximate surface area is 154 Å². The van der Waals surface area contributed by atoms with Crippen molar-refractivity contribution in [2.45, 2.75) is 19.3 Å². The van der Waals surface area contributed by atoms with Crippen LogP contribution in [0.2, 0.25) is 0 Å².